The van der Waals surface area contributed by atoms with Gasteiger partial charge in [-0.2, -0.15) is 0 Å². The number of nitrogens with zero attached hydrogens (tertiary/aromatic N) is 2. The first-order valence-electron chi connectivity index (χ1n) is 9.18. The van der Waals surface area contributed by atoms with Gasteiger partial charge in [-0.1, -0.05) is 18.2 Å². The SMILES string of the molecule is CCOC(=O)OC1CCN(C(=O)OCC)Cc2c1nc1ccccc1c2C. The molecule has 7 heteroatoms. The maximum Gasteiger partial charge on any atom is 0.508 e. The van der Waals surface area contributed by atoms with Gasteiger partial charge in [-0.25, -0.2) is 14.6 Å². The number of fused-ring (bicyclic) bond motifs is 2. The van der Waals surface area contributed by atoms with Gasteiger partial charge in [0.1, 0.15) is 6.10 Å². The molecule has 0 aliphatic carbocycles. The lowest BCUT2D eigenvalue weighted by atomic mass is 9.99. The summed E-state index contributed by atoms with van der Waals surface area (Å²) in [5, 5.41) is 1.01. The summed E-state index contributed by atoms with van der Waals surface area (Å²) in [5.74, 6) is 0. The summed E-state index contributed by atoms with van der Waals surface area (Å²) in [6.07, 6.45) is -1.27. The fraction of sp³-hybridized carbons (Fsp3) is 0.450. The minimum Gasteiger partial charge on any atom is -0.450 e. The van der Waals surface area contributed by atoms with E-state index in [0.29, 0.717) is 31.8 Å². The number of carbonyl (C=O) groups excluding carboxylic acids is 2. The molecule has 0 radical (unpaired) electrons. The van der Waals surface area contributed by atoms with Crippen LogP contribution in [0.15, 0.2) is 24.3 Å². The number of hydrogen-bond acceptors (Lipinski definition) is 6. The van der Waals surface area contributed by atoms with Crippen molar-refractivity contribution in [2.24, 2.45) is 0 Å². The number of para-hydroxylation sites is 1. The predicted molar refractivity (Wildman–Crippen MR) is 99.4 cm³/mol. The largest absolute Gasteiger partial charge is 0.508 e. The fourth-order valence-corrected chi connectivity index (χ4v) is 3.34. The van der Waals surface area contributed by atoms with Crippen molar-refractivity contribution in [1.82, 2.24) is 9.88 Å². The lowest BCUT2D eigenvalue weighted by molar-refractivity contribution is 0.0198. The summed E-state index contributed by atoms with van der Waals surface area (Å²) in [6, 6.07) is 7.80. The van der Waals surface area contributed by atoms with Gasteiger partial charge in [0, 0.05) is 23.9 Å². The average molecular weight is 372 g/mol. The molecule has 27 heavy (non-hydrogen) atoms. The number of benzene rings is 1. The van der Waals surface area contributed by atoms with E-state index >= 15 is 0 Å². The molecule has 0 saturated heterocycles. The molecule has 1 aromatic carbocycles. The first kappa shape index (κ1) is 18.9. The molecular formula is C20H24N2O5. The van der Waals surface area contributed by atoms with Crippen LogP contribution in [0.4, 0.5) is 9.59 Å². The number of carbonyl (C=O) groups is 2. The van der Waals surface area contributed by atoms with E-state index in [2.05, 4.69) is 0 Å². The van der Waals surface area contributed by atoms with Gasteiger partial charge in [0.05, 0.1) is 31.0 Å². The van der Waals surface area contributed by atoms with E-state index in [9.17, 15) is 9.59 Å². The van der Waals surface area contributed by atoms with Crippen LogP contribution in [0, 0.1) is 6.92 Å². The van der Waals surface area contributed by atoms with Gasteiger partial charge in [0.2, 0.25) is 0 Å². The molecule has 1 unspecified atom stereocenters. The highest BCUT2D eigenvalue weighted by Gasteiger charge is 2.31. The van der Waals surface area contributed by atoms with Crippen LogP contribution in [0.1, 0.15) is 43.2 Å². The Bertz CT molecular complexity index is 852. The van der Waals surface area contributed by atoms with E-state index in [1.165, 1.54) is 0 Å². The number of hydrogen-bond donors (Lipinski definition) is 0. The van der Waals surface area contributed by atoms with Gasteiger partial charge in [0.15, 0.2) is 0 Å². The quantitative estimate of drug-likeness (QED) is 0.754. The zero-order valence-corrected chi connectivity index (χ0v) is 15.9. The first-order valence-corrected chi connectivity index (χ1v) is 9.18. The third kappa shape index (κ3) is 3.97. The predicted octanol–water partition coefficient (Wildman–Crippen LogP) is 4.12. The number of rotatable bonds is 3. The molecule has 0 bridgehead atoms. The van der Waals surface area contributed by atoms with Gasteiger partial charge >= 0.3 is 12.2 Å². The third-order valence-electron chi connectivity index (χ3n) is 4.65. The van der Waals surface area contributed by atoms with Crippen molar-refractivity contribution in [1.29, 1.82) is 0 Å². The van der Waals surface area contributed by atoms with E-state index < -0.39 is 12.3 Å². The smallest absolute Gasteiger partial charge is 0.450 e. The van der Waals surface area contributed by atoms with E-state index in [1.807, 2.05) is 31.2 Å². The van der Waals surface area contributed by atoms with E-state index in [1.54, 1.807) is 18.7 Å². The summed E-state index contributed by atoms with van der Waals surface area (Å²) in [4.78, 5) is 30.6. The van der Waals surface area contributed by atoms with Crippen LogP contribution >= 0.6 is 0 Å². The number of ether oxygens (including phenoxy) is 3. The molecule has 1 atom stereocenters. The number of pyridine rings is 1. The summed E-state index contributed by atoms with van der Waals surface area (Å²) in [6.45, 7) is 6.79. The Morgan fingerprint density at radius 1 is 1.19 bits per heavy atom. The number of aryl methyl sites for hydroxylation is 1. The van der Waals surface area contributed by atoms with Crippen LogP contribution in [-0.4, -0.2) is 41.9 Å². The fourth-order valence-electron chi connectivity index (χ4n) is 3.34. The minimum atomic E-state index is -0.731. The molecule has 0 spiro atoms. The second-order valence-corrected chi connectivity index (χ2v) is 6.32. The highest BCUT2D eigenvalue weighted by Crippen LogP contribution is 2.34. The molecule has 1 aromatic heterocycles. The Kier molecular flexibility index (Phi) is 5.78. The van der Waals surface area contributed by atoms with Crippen LogP contribution in [0.3, 0.4) is 0 Å². The van der Waals surface area contributed by atoms with Gasteiger partial charge < -0.3 is 19.1 Å². The van der Waals surface area contributed by atoms with Crippen molar-refractivity contribution in [2.75, 3.05) is 19.8 Å². The Morgan fingerprint density at radius 2 is 1.93 bits per heavy atom. The molecule has 0 saturated carbocycles. The van der Waals surface area contributed by atoms with Crippen molar-refractivity contribution < 1.29 is 23.8 Å². The molecule has 1 aliphatic rings. The van der Waals surface area contributed by atoms with Crippen molar-refractivity contribution in [2.45, 2.75) is 39.8 Å². The molecule has 144 valence electrons. The first-order chi connectivity index (χ1) is 13.0. The van der Waals surface area contributed by atoms with Gasteiger partial charge in [0.25, 0.3) is 0 Å². The van der Waals surface area contributed by atoms with Gasteiger partial charge in [-0.05, 0) is 32.4 Å². The zero-order valence-electron chi connectivity index (χ0n) is 15.9. The molecule has 0 fully saturated rings. The van der Waals surface area contributed by atoms with Crippen LogP contribution in [0.25, 0.3) is 10.9 Å². The van der Waals surface area contributed by atoms with Crippen LogP contribution < -0.4 is 0 Å². The second kappa shape index (κ2) is 8.24. The van der Waals surface area contributed by atoms with E-state index in [4.69, 9.17) is 19.2 Å². The zero-order chi connectivity index (χ0) is 19.4. The van der Waals surface area contributed by atoms with Crippen LogP contribution in [-0.2, 0) is 20.8 Å². The molecule has 1 amide bonds. The highest BCUT2D eigenvalue weighted by atomic mass is 16.7. The molecule has 3 rings (SSSR count). The Morgan fingerprint density at radius 3 is 2.67 bits per heavy atom. The summed E-state index contributed by atoms with van der Waals surface area (Å²) in [5.41, 5.74) is 3.40. The molecule has 2 aromatic rings. The van der Waals surface area contributed by atoms with Crippen molar-refractivity contribution in [3.63, 3.8) is 0 Å². The van der Waals surface area contributed by atoms with E-state index in [-0.39, 0.29) is 12.7 Å². The van der Waals surface area contributed by atoms with Crippen LogP contribution in [0.5, 0.6) is 0 Å². The second-order valence-electron chi connectivity index (χ2n) is 6.32. The van der Waals surface area contributed by atoms with Crippen molar-refractivity contribution >= 4 is 23.2 Å². The van der Waals surface area contributed by atoms with Crippen molar-refractivity contribution in [3.05, 3.63) is 41.1 Å². The maximum atomic E-state index is 12.3. The minimum absolute atomic E-state index is 0.234. The number of aromatic nitrogens is 1. The van der Waals surface area contributed by atoms with E-state index in [0.717, 1.165) is 22.0 Å². The summed E-state index contributed by atoms with van der Waals surface area (Å²) in [7, 11) is 0. The standard InChI is InChI=1S/C20H24N2O5/c1-4-25-19(23)22-11-10-17(27-20(24)26-5-2)18-15(12-22)13(3)14-8-6-7-9-16(14)21-18/h6-9,17H,4-5,10-12H2,1-3H3. The molecule has 2 heterocycles. The Balaban J connectivity index is 2.05. The molecule has 0 N–H and O–H groups in total. The average Bonchev–Trinajstić information content (AvgIpc) is 2.83. The topological polar surface area (TPSA) is 78.0 Å². The monoisotopic (exact) mass is 372 g/mol. The normalized spacial score (nSPS) is 16.4. The summed E-state index contributed by atoms with van der Waals surface area (Å²) >= 11 is 0. The lowest BCUT2D eigenvalue weighted by Crippen LogP contribution is -2.31. The molecule has 1 aliphatic heterocycles. The van der Waals surface area contributed by atoms with Crippen molar-refractivity contribution in [3.8, 4) is 0 Å². The lowest BCUT2D eigenvalue weighted by Gasteiger charge is -2.21. The third-order valence-corrected chi connectivity index (χ3v) is 4.65. The number of amides is 1. The summed E-state index contributed by atoms with van der Waals surface area (Å²) < 4.78 is 15.6. The highest BCUT2D eigenvalue weighted by molar-refractivity contribution is 5.83. The van der Waals surface area contributed by atoms with Crippen LogP contribution in [0.2, 0.25) is 0 Å². The van der Waals surface area contributed by atoms with Gasteiger partial charge in [-0.3, -0.25) is 0 Å². The Labute approximate surface area is 158 Å². The maximum absolute atomic E-state index is 12.3. The molecular weight excluding hydrogens is 348 g/mol. The Hall–Kier alpha value is -2.83. The molecule has 7 nitrogen and oxygen atoms in total. The van der Waals surface area contributed by atoms with Gasteiger partial charge in [-0.15, -0.1) is 0 Å².